The maximum atomic E-state index is 11.7. The van der Waals surface area contributed by atoms with Crippen molar-refractivity contribution in [2.75, 3.05) is 0 Å². The fraction of sp³-hybridized carbons (Fsp3) is 0.700. The van der Waals surface area contributed by atoms with E-state index in [1.165, 1.54) is 0 Å². The van der Waals surface area contributed by atoms with Crippen molar-refractivity contribution in [3.8, 4) is 0 Å². The second kappa shape index (κ2) is 6.37. The Kier molecular flexibility index (Phi) is 6.22. The second-order valence-electron chi connectivity index (χ2n) is 3.72. The Labute approximate surface area is 117 Å². The number of carbonyl (C=O) groups excluding carboxylic acids is 2. The molecule has 0 aromatic heterocycles. The van der Waals surface area contributed by atoms with Crippen LogP contribution < -0.4 is 40.0 Å². The summed E-state index contributed by atoms with van der Waals surface area (Å²) < 4.78 is 0. The summed E-state index contributed by atoms with van der Waals surface area (Å²) in [6, 6.07) is -0.842. The zero-order chi connectivity index (χ0) is 11.5. The van der Waals surface area contributed by atoms with E-state index < -0.39 is 23.3 Å². The maximum Gasteiger partial charge on any atom is 1.00 e. The molecule has 1 N–H and O–H groups in total. The molecule has 0 aliphatic carbocycles. The molecule has 0 spiro atoms. The minimum absolute atomic E-state index is 0. The van der Waals surface area contributed by atoms with Gasteiger partial charge in [0.1, 0.15) is 0 Å². The Hall–Kier alpha value is -0.390. The van der Waals surface area contributed by atoms with Crippen molar-refractivity contribution in [1.29, 1.82) is 0 Å². The van der Waals surface area contributed by atoms with E-state index in [2.05, 4.69) is 10.3 Å². The van der Waals surface area contributed by atoms with E-state index in [4.69, 9.17) is 0 Å². The van der Waals surface area contributed by atoms with Crippen LogP contribution in [0.2, 0.25) is 0 Å². The fourth-order valence-electron chi connectivity index (χ4n) is 1.73. The summed E-state index contributed by atoms with van der Waals surface area (Å²) >= 11 is 0. The van der Waals surface area contributed by atoms with Crippen LogP contribution in [0.3, 0.4) is 0 Å². The molecule has 0 aromatic rings. The first-order valence-corrected chi connectivity index (χ1v) is 5.18. The summed E-state index contributed by atoms with van der Waals surface area (Å²) in [5, 5.41) is 13.7. The molecule has 1 unspecified atom stereocenters. The fourth-order valence-corrected chi connectivity index (χ4v) is 1.73. The van der Waals surface area contributed by atoms with Gasteiger partial charge in [-0.1, -0.05) is 26.7 Å². The Bertz CT molecular complexity index is 317. The van der Waals surface area contributed by atoms with Gasteiger partial charge < -0.3 is 5.11 Å². The number of nitrogens with one attached hydrogen (secondary N) is 1. The molecule has 0 bridgehead atoms. The maximum absolute atomic E-state index is 11.7. The molecule has 0 fully saturated rings. The van der Waals surface area contributed by atoms with Gasteiger partial charge in [0.25, 0.3) is 0 Å². The van der Waals surface area contributed by atoms with Crippen LogP contribution in [0.15, 0.2) is 4.99 Å². The number of carbonyl (C=O) groups is 2. The molecule has 0 aromatic carbocycles. The normalized spacial score (nSPS) is 24.5. The van der Waals surface area contributed by atoms with E-state index in [1.54, 1.807) is 6.92 Å². The number of aliphatic imine (C=N–C) groups is 1. The molecule has 1 rings (SSSR count). The molecular formula is C10H15N2NaO3. The molecule has 1 heterocycles. The number of hydrogen-bond acceptors (Lipinski definition) is 3. The number of unbranched alkanes of at least 4 members (excludes halogenated alkanes) is 1. The Morgan fingerprint density at radius 1 is 1.38 bits per heavy atom. The average Bonchev–Trinajstić information content (AvgIpc) is 2.17. The summed E-state index contributed by atoms with van der Waals surface area (Å²) in [7, 11) is 0. The monoisotopic (exact) mass is 234 g/mol. The molecule has 84 valence electrons. The SMILES string of the molecule is CCCCC1(CC)C(=O)NC(=O)N=C1[O-].[Na+]. The summed E-state index contributed by atoms with van der Waals surface area (Å²) in [4.78, 5) is 25.8. The van der Waals surface area contributed by atoms with Crippen LogP contribution in [-0.2, 0) is 4.79 Å². The molecule has 0 radical (unpaired) electrons. The zero-order valence-corrected chi connectivity index (χ0v) is 12.0. The number of rotatable bonds is 4. The first-order chi connectivity index (χ1) is 7.06. The molecule has 5 nitrogen and oxygen atoms in total. The first kappa shape index (κ1) is 15.6. The minimum Gasteiger partial charge on any atom is -0.861 e. The number of imide groups is 1. The molecular weight excluding hydrogens is 219 g/mol. The van der Waals surface area contributed by atoms with Gasteiger partial charge in [-0.3, -0.25) is 10.1 Å². The van der Waals surface area contributed by atoms with Gasteiger partial charge in [0.05, 0.1) is 5.41 Å². The van der Waals surface area contributed by atoms with Crippen molar-refractivity contribution in [3.63, 3.8) is 0 Å². The third kappa shape index (κ3) is 2.84. The largest absolute Gasteiger partial charge is 1.00 e. The van der Waals surface area contributed by atoms with Crippen molar-refractivity contribution in [2.24, 2.45) is 10.4 Å². The summed E-state index contributed by atoms with van der Waals surface area (Å²) in [5.74, 6) is -1.09. The van der Waals surface area contributed by atoms with E-state index in [0.29, 0.717) is 12.8 Å². The summed E-state index contributed by atoms with van der Waals surface area (Å²) in [6.45, 7) is 3.75. The molecule has 16 heavy (non-hydrogen) atoms. The van der Waals surface area contributed by atoms with Gasteiger partial charge in [-0.05, 0) is 18.7 Å². The van der Waals surface area contributed by atoms with Crippen LogP contribution in [0.5, 0.6) is 0 Å². The summed E-state index contributed by atoms with van der Waals surface area (Å²) in [5.41, 5.74) is -1.11. The molecule has 0 saturated heterocycles. The molecule has 6 heteroatoms. The zero-order valence-electron chi connectivity index (χ0n) is 10.0. The van der Waals surface area contributed by atoms with Crippen molar-refractivity contribution in [1.82, 2.24) is 5.32 Å². The topological polar surface area (TPSA) is 81.6 Å². The predicted molar refractivity (Wildman–Crippen MR) is 53.2 cm³/mol. The Morgan fingerprint density at radius 3 is 2.44 bits per heavy atom. The quantitative estimate of drug-likeness (QED) is 0.550. The molecule has 1 atom stereocenters. The molecule has 0 saturated carbocycles. The van der Waals surface area contributed by atoms with Crippen molar-refractivity contribution >= 4 is 17.8 Å². The Morgan fingerprint density at radius 2 is 2.00 bits per heavy atom. The van der Waals surface area contributed by atoms with E-state index >= 15 is 0 Å². The van der Waals surface area contributed by atoms with Crippen molar-refractivity contribution in [3.05, 3.63) is 0 Å². The van der Waals surface area contributed by atoms with Crippen LogP contribution in [0.4, 0.5) is 4.79 Å². The number of amides is 3. The first-order valence-electron chi connectivity index (χ1n) is 5.18. The third-order valence-electron chi connectivity index (χ3n) is 2.83. The second-order valence-corrected chi connectivity index (χ2v) is 3.72. The number of urea groups is 1. The third-order valence-corrected chi connectivity index (χ3v) is 2.83. The van der Waals surface area contributed by atoms with Gasteiger partial charge in [0.2, 0.25) is 5.91 Å². The van der Waals surface area contributed by atoms with Gasteiger partial charge in [-0.25, -0.2) is 9.79 Å². The van der Waals surface area contributed by atoms with E-state index in [9.17, 15) is 14.7 Å². The van der Waals surface area contributed by atoms with Crippen LogP contribution in [0.25, 0.3) is 0 Å². The smallest absolute Gasteiger partial charge is 0.861 e. The van der Waals surface area contributed by atoms with E-state index in [-0.39, 0.29) is 29.6 Å². The van der Waals surface area contributed by atoms with E-state index in [1.807, 2.05) is 6.92 Å². The average molecular weight is 234 g/mol. The Balaban J connectivity index is 0.00000225. The van der Waals surface area contributed by atoms with E-state index in [0.717, 1.165) is 12.8 Å². The molecule has 1 aliphatic rings. The molecule has 1 aliphatic heterocycles. The summed E-state index contributed by atoms with van der Waals surface area (Å²) in [6.07, 6.45) is 2.52. The van der Waals surface area contributed by atoms with Crippen LogP contribution >= 0.6 is 0 Å². The molecule has 3 amide bonds. The standard InChI is InChI=1S/C10H16N2O3.Na/c1-3-5-6-10(4-2)7(13)11-9(15)12-8(10)14;/h3-6H2,1-2H3,(H2,11,12,13,14,15);/q;+1/p-1. The van der Waals surface area contributed by atoms with Gasteiger partial charge in [0.15, 0.2) is 0 Å². The van der Waals surface area contributed by atoms with Gasteiger partial charge in [0, 0.05) is 0 Å². The van der Waals surface area contributed by atoms with Crippen LogP contribution in [-0.4, -0.2) is 17.8 Å². The van der Waals surface area contributed by atoms with Gasteiger partial charge in [-0.2, -0.15) is 0 Å². The van der Waals surface area contributed by atoms with Crippen molar-refractivity contribution in [2.45, 2.75) is 39.5 Å². The van der Waals surface area contributed by atoms with Gasteiger partial charge in [-0.15, -0.1) is 0 Å². The van der Waals surface area contributed by atoms with Crippen LogP contribution in [0.1, 0.15) is 39.5 Å². The minimum atomic E-state index is -1.11. The van der Waals surface area contributed by atoms with Crippen LogP contribution in [0, 0.1) is 5.41 Å². The van der Waals surface area contributed by atoms with Gasteiger partial charge >= 0.3 is 35.6 Å². The number of nitrogens with zero attached hydrogens (tertiary/aromatic N) is 1. The predicted octanol–water partition coefficient (Wildman–Crippen LogP) is -2.41. The number of hydrogen-bond donors (Lipinski definition) is 1. The van der Waals surface area contributed by atoms with Crippen molar-refractivity contribution < 1.29 is 44.3 Å².